The SMILES string of the molecule is CCOC(=O)c1ccc(CS(=O)(=O)CC(=O)Nc2ccc(C)c(C)c2)cc1. The Morgan fingerprint density at radius 1 is 1.00 bits per heavy atom. The van der Waals surface area contributed by atoms with Gasteiger partial charge in [0.25, 0.3) is 0 Å². The Hall–Kier alpha value is -2.67. The molecule has 0 spiro atoms. The van der Waals surface area contributed by atoms with E-state index in [1.54, 1.807) is 31.2 Å². The molecule has 0 aliphatic heterocycles. The van der Waals surface area contributed by atoms with E-state index in [0.29, 0.717) is 16.8 Å². The van der Waals surface area contributed by atoms with Crippen LogP contribution >= 0.6 is 0 Å². The molecule has 0 unspecified atom stereocenters. The Bertz CT molecular complexity index is 933. The maximum atomic E-state index is 12.3. The van der Waals surface area contributed by atoms with Gasteiger partial charge in [0.05, 0.1) is 17.9 Å². The summed E-state index contributed by atoms with van der Waals surface area (Å²) in [6.07, 6.45) is 0. The Morgan fingerprint density at radius 3 is 2.26 bits per heavy atom. The lowest BCUT2D eigenvalue weighted by atomic mass is 10.1. The zero-order chi connectivity index (χ0) is 20.0. The summed E-state index contributed by atoms with van der Waals surface area (Å²) in [6, 6.07) is 11.5. The third-order valence-electron chi connectivity index (χ3n) is 3.99. The number of rotatable bonds is 7. The number of benzene rings is 2. The number of ether oxygens (including phenoxy) is 1. The molecule has 6 nitrogen and oxygen atoms in total. The molecule has 0 saturated carbocycles. The molecule has 0 atom stereocenters. The van der Waals surface area contributed by atoms with Crippen molar-refractivity contribution in [2.45, 2.75) is 26.5 Å². The van der Waals surface area contributed by atoms with Crippen LogP contribution in [0.1, 0.15) is 34.0 Å². The first-order valence-electron chi connectivity index (χ1n) is 8.54. The molecule has 0 aromatic heterocycles. The molecule has 2 rings (SSSR count). The zero-order valence-corrected chi connectivity index (χ0v) is 16.4. The van der Waals surface area contributed by atoms with Gasteiger partial charge in [0.2, 0.25) is 5.91 Å². The summed E-state index contributed by atoms with van der Waals surface area (Å²) >= 11 is 0. The Morgan fingerprint density at radius 2 is 1.67 bits per heavy atom. The third-order valence-corrected chi connectivity index (χ3v) is 5.47. The standard InChI is InChI=1S/C20H23NO5S/c1-4-26-20(23)17-8-6-16(7-9-17)12-27(24,25)13-19(22)21-18-10-5-14(2)15(3)11-18/h5-11H,4,12-13H2,1-3H3,(H,21,22). The van der Waals surface area contributed by atoms with Crippen molar-refractivity contribution in [2.75, 3.05) is 17.7 Å². The Kier molecular flexibility index (Phi) is 6.74. The third kappa shape index (κ3) is 6.21. The highest BCUT2D eigenvalue weighted by Gasteiger charge is 2.18. The average Bonchev–Trinajstić information content (AvgIpc) is 2.58. The van der Waals surface area contributed by atoms with Crippen LogP contribution in [0.15, 0.2) is 42.5 Å². The minimum Gasteiger partial charge on any atom is -0.462 e. The van der Waals surface area contributed by atoms with Gasteiger partial charge in [0, 0.05) is 5.69 Å². The summed E-state index contributed by atoms with van der Waals surface area (Å²) in [4.78, 5) is 23.7. The van der Waals surface area contributed by atoms with E-state index in [4.69, 9.17) is 4.74 Å². The van der Waals surface area contributed by atoms with E-state index in [2.05, 4.69) is 5.32 Å². The van der Waals surface area contributed by atoms with Crippen LogP contribution in [-0.2, 0) is 25.1 Å². The quantitative estimate of drug-likeness (QED) is 0.735. The number of hydrogen-bond acceptors (Lipinski definition) is 5. The van der Waals surface area contributed by atoms with Crippen LogP contribution in [0.25, 0.3) is 0 Å². The van der Waals surface area contributed by atoms with Crippen LogP contribution in [0, 0.1) is 13.8 Å². The molecule has 0 saturated heterocycles. The van der Waals surface area contributed by atoms with Crippen LogP contribution in [0.2, 0.25) is 0 Å². The zero-order valence-electron chi connectivity index (χ0n) is 15.6. The second-order valence-corrected chi connectivity index (χ2v) is 8.36. The maximum absolute atomic E-state index is 12.3. The number of anilines is 1. The highest BCUT2D eigenvalue weighted by atomic mass is 32.2. The molecule has 0 aliphatic carbocycles. The predicted octanol–water partition coefficient (Wildman–Crippen LogP) is 3.03. The molecule has 0 fully saturated rings. The van der Waals surface area contributed by atoms with Gasteiger partial charge in [0.15, 0.2) is 9.84 Å². The molecule has 0 bridgehead atoms. The number of amides is 1. The summed E-state index contributed by atoms with van der Waals surface area (Å²) in [5.74, 6) is -1.93. The van der Waals surface area contributed by atoms with Crippen LogP contribution in [-0.4, -0.2) is 32.7 Å². The molecule has 2 aromatic rings. The van der Waals surface area contributed by atoms with Gasteiger partial charge >= 0.3 is 5.97 Å². The average molecular weight is 389 g/mol. The van der Waals surface area contributed by atoms with Gasteiger partial charge in [0.1, 0.15) is 5.75 Å². The molecule has 1 amide bonds. The summed E-state index contributed by atoms with van der Waals surface area (Å²) in [6.45, 7) is 5.85. The van der Waals surface area contributed by atoms with Crippen molar-refractivity contribution in [3.8, 4) is 0 Å². The van der Waals surface area contributed by atoms with Crippen molar-refractivity contribution in [3.05, 3.63) is 64.7 Å². The van der Waals surface area contributed by atoms with Crippen molar-refractivity contribution >= 4 is 27.4 Å². The van der Waals surface area contributed by atoms with E-state index in [1.807, 2.05) is 19.9 Å². The van der Waals surface area contributed by atoms with E-state index in [-0.39, 0.29) is 12.4 Å². The monoisotopic (exact) mass is 389 g/mol. The van der Waals surface area contributed by atoms with Crippen molar-refractivity contribution < 1.29 is 22.7 Å². The minimum absolute atomic E-state index is 0.268. The lowest BCUT2D eigenvalue weighted by Gasteiger charge is -2.09. The topological polar surface area (TPSA) is 89.5 Å². The van der Waals surface area contributed by atoms with Gasteiger partial charge in [-0.2, -0.15) is 0 Å². The largest absolute Gasteiger partial charge is 0.462 e. The molecule has 2 aromatic carbocycles. The second-order valence-electron chi connectivity index (χ2n) is 6.30. The lowest BCUT2D eigenvalue weighted by Crippen LogP contribution is -2.24. The smallest absolute Gasteiger partial charge is 0.338 e. The summed E-state index contributed by atoms with van der Waals surface area (Å²) < 4.78 is 29.5. The van der Waals surface area contributed by atoms with Crippen LogP contribution in [0.5, 0.6) is 0 Å². The molecule has 0 radical (unpaired) electrons. The first kappa shape index (κ1) is 20.6. The highest BCUT2D eigenvalue weighted by molar-refractivity contribution is 7.91. The van der Waals surface area contributed by atoms with Crippen LogP contribution in [0.4, 0.5) is 5.69 Å². The van der Waals surface area contributed by atoms with Gasteiger partial charge in [-0.05, 0) is 61.7 Å². The van der Waals surface area contributed by atoms with Crippen LogP contribution < -0.4 is 5.32 Å². The molecular formula is C20H23NO5S. The fourth-order valence-electron chi connectivity index (χ4n) is 2.47. The summed E-state index contributed by atoms with van der Waals surface area (Å²) in [5.41, 5.74) is 3.52. The number of aryl methyl sites for hydroxylation is 2. The van der Waals surface area contributed by atoms with Gasteiger partial charge in [-0.25, -0.2) is 13.2 Å². The van der Waals surface area contributed by atoms with Gasteiger partial charge in [-0.15, -0.1) is 0 Å². The lowest BCUT2D eigenvalue weighted by molar-refractivity contribution is -0.113. The fraction of sp³-hybridized carbons (Fsp3) is 0.300. The predicted molar refractivity (Wildman–Crippen MR) is 104 cm³/mol. The summed E-state index contributed by atoms with van der Waals surface area (Å²) in [5, 5.41) is 2.61. The van der Waals surface area contributed by atoms with Gasteiger partial charge in [-0.3, -0.25) is 4.79 Å². The number of carbonyl (C=O) groups excluding carboxylic acids is 2. The van der Waals surface area contributed by atoms with Gasteiger partial charge < -0.3 is 10.1 Å². The summed E-state index contributed by atoms with van der Waals surface area (Å²) in [7, 11) is -3.64. The number of hydrogen-bond donors (Lipinski definition) is 1. The van der Waals surface area contributed by atoms with E-state index in [1.165, 1.54) is 12.1 Å². The molecule has 1 N–H and O–H groups in total. The van der Waals surface area contributed by atoms with E-state index < -0.39 is 27.5 Å². The molecule has 27 heavy (non-hydrogen) atoms. The van der Waals surface area contributed by atoms with Crippen molar-refractivity contribution in [1.82, 2.24) is 0 Å². The number of esters is 1. The number of carbonyl (C=O) groups is 2. The van der Waals surface area contributed by atoms with Gasteiger partial charge in [-0.1, -0.05) is 18.2 Å². The molecule has 0 heterocycles. The first-order chi connectivity index (χ1) is 12.7. The second kappa shape index (κ2) is 8.81. The van der Waals surface area contributed by atoms with E-state index >= 15 is 0 Å². The maximum Gasteiger partial charge on any atom is 0.338 e. The number of nitrogens with one attached hydrogen (secondary N) is 1. The highest BCUT2D eigenvalue weighted by Crippen LogP contribution is 2.15. The first-order valence-corrected chi connectivity index (χ1v) is 10.4. The fourth-order valence-corrected chi connectivity index (χ4v) is 3.75. The van der Waals surface area contributed by atoms with E-state index in [0.717, 1.165) is 11.1 Å². The van der Waals surface area contributed by atoms with Crippen molar-refractivity contribution in [1.29, 1.82) is 0 Å². The Labute approximate surface area is 159 Å². The Balaban J connectivity index is 1.98. The molecule has 144 valence electrons. The minimum atomic E-state index is -3.64. The normalized spacial score (nSPS) is 11.1. The van der Waals surface area contributed by atoms with Crippen LogP contribution in [0.3, 0.4) is 0 Å². The molecule has 7 heteroatoms. The van der Waals surface area contributed by atoms with Crippen molar-refractivity contribution in [2.24, 2.45) is 0 Å². The van der Waals surface area contributed by atoms with Crippen molar-refractivity contribution in [3.63, 3.8) is 0 Å². The molecular weight excluding hydrogens is 366 g/mol. The number of sulfone groups is 1. The molecule has 0 aliphatic rings. The van der Waals surface area contributed by atoms with E-state index in [9.17, 15) is 18.0 Å².